The van der Waals surface area contributed by atoms with Gasteiger partial charge in [0.15, 0.2) is 0 Å². The van der Waals surface area contributed by atoms with Crippen LogP contribution in [-0.4, -0.2) is 27.1 Å². The summed E-state index contributed by atoms with van der Waals surface area (Å²) in [5, 5.41) is 0. The molecule has 40 heavy (non-hydrogen) atoms. The molecule has 0 aliphatic carbocycles. The summed E-state index contributed by atoms with van der Waals surface area (Å²) in [5.74, 6) is 0.928. The summed E-state index contributed by atoms with van der Waals surface area (Å²) < 4.78 is 6.45. The quantitative estimate of drug-likeness (QED) is 0.307. The minimum absolute atomic E-state index is 0.00734. The second-order valence-electron chi connectivity index (χ2n) is 15.5. The Morgan fingerprint density at radius 2 is 1.35 bits per heavy atom. The first kappa shape index (κ1) is 32.2. The lowest BCUT2D eigenvalue weighted by molar-refractivity contribution is -0.202. The summed E-state index contributed by atoms with van der Waals surface area (Å²) in [7, 11) is 0. The van der Waals surface area contributed by atoms with Crippen LogP contribution in [0, 0.1) is 10.8 Å². The smallest absolute Gasteiger partial charge is 0.124 e. The number of piperidine rings is 1. The highest BCUT2D eigenvalue weighted by atomic mass is 16.5. The van der Waals surface area contributed by atoms with Gasteiger partial charge in [-0.2, -0.15) is 0 Å². The molecule has 3 rings (SSSR count). The normalized spacial score (nSPS) is 22.8. The van der Waals surface area contributed by atoms with Gasteiger partial charge >= 0.3 is 0 Å². The van der Waals surface area contributed by atoms with Crippen molar-refractivity contribution in [2.24, 2.45) is 10.8 Å². The Kier molecular flexibility index (Phi) is 8.71. The molecule has 1 aliphatic heterocycles. The molecule has 2 aromatic carbocycles. The predicted octanol–water partition coefficient (Wildman–Crippen LogP) is 10.5. The molecule has 0 spiro atoms. The van der Waals surface area contributed by atoms with E-state index in [9.17, 15) is 0 Å². The monoisotopic (exact) mass is 543 g/mol. The Morgan fingerprint density at radius 1 is 0.800 bits per heavy atom. The molecule has 0 radical (unpaired) electrons. The maximum Gasteiger partial charge on any atom is 0.124 e. The minimum Gasteiger partial charge on any atom is -0.484 e. The molecule has 1 unspecified atom stereocenters. The lowest BCUT2D eigenvalue weighted by Gasteiger charge is -2.71. The number of hydrogen-bond donors (Lipinski definition) is 0. The Balaban J connectivity index is 1.96. The van der Waals surface area contributed by atoms with E-state index in [-0.39, 0.29) is 33.0 Å². The van der Waals surface area contributed by atoms with E-state index >= 15 is 0 Å². The van der Waals surface area contributed by atoms with E-state index in [2.05, 4.69) is 169 Å². The van der Waals surface area contributed by atoms with E-state index in [1.54, 1.807) is 0 Å². The molecule has 0 N–H and O–H groups in total. The van der Waals surface area contributed by atoms with Crippen LogP contribution in [0.2, 0.25) is 0 Å². The van der Waals surface area contributed by atoms with Gasteiger partial charge in [-0.1, -0.05) is 81.0 Å². The van der Waals surface area contributed by atoms with Gasteiger partial charge in [0.1, 0.15) is 11.4 Å². The molecule has 1 atom stereocenters. The van der Waals surface area contributed by atoms with E-state index in [1.165, 1.54) is 22.3 Å². The molecule has 1 aliphatic rings. The first-order valence-electron chi connectivity index (χ1n) is 15.1. The van der Waals surface area contributed by atoms with E-state index in [1.807, 2.05) is 0 Å². The van der Waals surface area contributed by atoms with Crippen molar-refractivity contribution >= 4 is 6.08 Å². The molecule has 2 aromatic rings. The van der Waals surface area contributed by atoms with Crippen LogP contribution >= 0.6 is 0 Å². The Hall–Kier alpha value is -2.32. The highest BCUT2D eigenvalue weighted by Crippen LogP contribution is 2.60. The Morgan fingerprint density at radius 3 is 1.88 bits per heavy atom. The van der Waals surface area contributed by atoms with Gasteiger partial charge in [-0.05, 0) is 129 Å². The first-order valence-corrected chi connectivity index (χ1v) is 15.1. The van der Waals surface area contributed by atoms with E-state index in [0.29, 0.717) is 0 Å². The fourth-order valence-corrected chi connectivity index (χ4v) is 7.44. The zero-order chi connectivity index (χ0) is 30.4. The van der Waals surface area contributed by atoms with Crippen molar-refractivity contribution in [1.82, 2.24) is 4.90 Å². The van der Waals surface area contributed by atoms with Gasteiger partial charge in [-0.3, -0.25) is 4.90 Å². The second-order valence-corrected chi connectivity index (χ2v) is 15.5. The largest absolute Gasteiger partial charge is 0.484 e. The number of rotatable bonds is 8. The second kappa shape index (κ2) is 10.8. The van der Waals surface area contributed by atoms with Crippen LogP contribution in [0.1, 0.15) is 114 Å². The maximum atomic E-state index is 6.45. The number of allylic oxidation sites excluding steroid dienone is 1. The summed E-state index contributed by atoms with van der Waals surface area (Å²) in [4.78, 5) is 2.82. The summed E-state index contributed by atoms with van der Waals surface area (Å²) in [6, 6.07) is 19.6. The zero-order valence-electron chi connectivity index (χ0n) is 28.1. The van der Waals surface area contributed by atoms with Crippen molar-refractivity contribution in [2.75, 3.05) is 0 Å². The van der Waals surface area contributed by atoms with Gasteiger partial charge in [0.05, 0.1) is 0 Å². The van der Waals surface area contributed by atoms with Crippen LogP contribution < -0.4 is 4.74 Å². The van der Waals surface area contributed by atoms with Gasteiger partial charge in [0.2, 0.25) is 0 Å². The lowest BCUT2D eigenvalue weighted by atomic mass is 9.51. The fourth-order valence-electron chi connectivity index (χ4n) is 7.44. The Labute approximate surface area is 246 Å². The average molecular weight is 544 g/mol. The van der Waals surface area contributed by atoms with Crippen molar-refractivity contribution in [3.63, 3.8) is 0 Å². The van der Waals surface area contributed by atoms with Crippen LogP contribution in [0.15, 0.2) is 71.8 Å². The van der Waals surface area contributed by atoms with Crippen LogP contribution in [-0.2, 0) is 6.42 Å². The van der Waals surface area contributed by atoms with Gasteiger partial charge in [-0.15, -0.1) is 0 Å². The van der Waals surface area contributed by atoms with Crippen LogP contribution in [0.4, 0.5) is 0 Å². The molecule has 2 heteroatoms. The third kappa shape index (κ3) is 6.13. The highest BCUT2D eigenvalue weighted by Gasteiger charge is 2.63. The lowest BCUT2D eigenvalue weighted by Crippen LogP contribution is -2.76. The summed E-state index contributed by atoms with van der Waals surface area (Å²) in [5.41, 5.74) is 4.84. The molecule has 220 valence electrons. The molecule has 2 nitrogen and oxygen atoms in total. The average Bonchev–Trinajstić information content (AvgIpc) is 2.82. The summed E-state index contributed by atoms with van der Waals surface area (Å²) in [6.07, 6.45) is 6.88. The van der Waals surface area contributed by atoms with Crippen LogP contribution in [0.25, 0.3) is 6.08 Å². The predicted molar refractivity (Wildman–Crippen MR) is 175 cm³/mol. The van der Waals surface area contributed by atoms with Gasteiger partial charge in [-0.25, -0.2) is 0 Å². The summed E-state index contributed by atoms with van der Waals surface area (Å²) in [6.45, 7) is 32.9. The Bertz CT molecular complexity index is 1220. The van der Waals surface area contributed by atoms with Crippen molar-refractivity contribution in [3.8, 4) is 5.75 Å². The van der Waals surface area contributed by atoms with Gasteiger partial charge in [0.25, 0.3) is 0 Å². The molecule has 1 fully saturated rings. The standard InChI is InChI=1S/C38H57NO/c1-28(2)29(3)35(8,9)40-32-22-20-31(21-23-32)26-38(14)27-33(4,5)36(10,11)39(37(38,12)13)34(6,7)25-24-30-18-16-15-17-19-30/h15-25H,26-27H2,1-14H3. The number of nitrogens with zero attached hydrogens (tertiary/aromatic N) is 1. The molecular weight excluding hydrogens is 486 g/mol. The zero-order valence-corrected chi connectivity index (χ0v) is 28.1. The molecule has 0 amide bonds. The van der Waals surface area contributed by atoms with Crippen molar-refractivity contribution in [3.05, 3.63) is 82.9 Å². The number of likely N-dealkylation sites (tertiary alicyclic amines) is 1. The molecule has 1 saturated heterocycles. The molecule has 1 heterocycles. The maximum absolute atomic E-state index is 6.45. The van der Waals surface area contributed by atoms with Crippen LogP contribution in [0.3, 0.4) is 0 Å². The highest BCUT2D eigenvalue weighted by molar-refractivity contribution is 5.50. The van der Waals surface area contributed by atoms with Crippen molar-refractivity contribution in [1.29, 1.82) is 0 Å². The van der Waals surface area contributed by atoms with Gasteiger partial charge in [0, 0.05) is 16.6 Å². The number of hydrogen-bond acceptors (Lipinski definition) is 2. The first-order chi connectivity index (χ1) is 18.2. The summed E-state index contributed by atoms with van der Waals surface area (Å²) >= 11 is 0. The van der Waals surface area contributed by atoms with E-state index in [4.69, 9.17) is 4.74 Å². The molecule has 0 bridgehead atoms. The molecule has 0 aromatic heterocycles. The molecular formula is C38H57NO. The SMILES string of the molecule is CC(C)=C(C)C(C)(C)Oc1ccc(CC2(C)CC(C)(C)C(C)(C)N(C(C)(C)C=Cc3ccccc3)C2(C)C)cc1. The fraction of sp³-hybridized carbons (Fsp3) is 0.579. The van der Waals surface area contributed by atoms with E-state index in [0.717, 1.165) is 18.6 Å². The van der Waals surface area contributed by atoms with Crippen molar-refractivity contribution < 1.29 is 4.74 Å². The third-order valence-electron chi connectivity index (χ3n) is 10.7. The topological polar surface area (TPSA) is 12.5 Å². The van der Waals surface area contributed by atoms with Crippen LogP contribution in [0.5, 0.6) is 5.75 Å². The van der Waals surface area contributed by atoms with Crippen molar-refractivity contribution in [2.45, 2.75) is 132 Å². The van der Waals surface area contributed by atoms with Gasteiger partial charge < -0.3 is 4.74 Å². The number of ether oxygens (including phenoxy) is 1. The van der Waals surface area contributed by atoms with E-state index < -0.39 is 0 Å². The third-order valence-corrected chi connectivity index (χ3v) is 10.7. The number of benzene rings is 2. The minimum atomic E-state index is -0.327. The molecule has 0 saturated carbocycles.